The third kappa shape index (κ3) is 5.11. The molecule has 4 nitrogen and oxygen atoms in total. The van der Waals surface area contributed by atoms with Crippen molar-refractivity contribution in [2.24, 2.45) is 0 Å². The summed E-state index contributed by atoms with van der Waals surface area (Å²) in [4.78, 5) is -0.721. The van der Waals surface area contributed by atoms with Crippen molar-refractivity contribution in [3.8, 4) is 0 Å². The minimum Gasteiger partial charge on any atom is -0.399 e. The lowest BCUT2D eigenvalue weighted by atomic mass is 10.3. The first-order valence-electron chi connectivity index (χ1n) is 4.98. The van der Waals surface area contributed by atoms with Crippen molar-refractivity contribution >= 4 is 43.4 Å². The molecule has 0 amide bonds. The number of hydrogen-bond donors (Lipinski definition) is 2. The molecule has 0 saturated carbocycles. The van der Waals surface area contributed by atoms with Crippen molar-refractivity contribution in [2.75, 3.05) is 18.0 Å². The Bertz CT molecular complexity index is 592. The number of nitrogens with one attached hydrogen (secondary N) is 1. The van der Waals surface area contributed by atoms with Gasteiger partial charge < -0.3 is 5.73 Å². The maximum absolute atomic E-state index is 13.7. The molecule has 0 fully saturated rings. The minimum atomic E-state index is -4.45. The van der Waals surface area contributed by atoms with Crippen LogP contribution in [0.3, 0.4) is 0 Å². The molecule has 3 N–H and O–H groups in total. The van der Waals surface area contributed by atoms with Gasteiger partial charge in [-0.25, -0.2) is 17.5 Å². The van der Waals surface area contributed by atoms with Crippen molar-refractivity contribution in [3.05, 3.63) is 22.4 Å². The van der Waals surface area contributed by atoms with E-state index < -0.39 is 38.5 Å². The average Bonchev–Trinajstić information content (AvgIpc) is 2.28. The Morgan fingerprint density at radius 3 is 2.50 bits per heavy atom. The van der Waals surface area contributed by atoms with E-state index in [-0.39, 0.29) is 21.9 Å². The minimum absolute atomic E-state index is 0.00307. The molecule has 0 aliphatic heterocycles. The Hall–Kier alpha value is -0.520. The lowest BCUT2D eigenvalue weighted by molar-refractivity contribution is -0.0327. The first-order chi connectivity index (χ1) is 9.03. The number of nitrogen functional groups attached to an aromatic ring is 1. The summed E-state index contributed by atoms with van der Waals surface area (Å²) in [5.74, 6) is -1.58. The molecule has 11 heteroatoms. The molecule has 114 valence electrons. The molecule has 0 atom stereocenters. The van der Waals surface area contributed by atoms with Gasteiger partial charge in [-0.15, -0.1) is 0 Å². The van der Waals surface area contributed by atoms with Gasteiger partial charge in [0.05, 0.1) is 4.47 Å². The summed E-state index contributed by atoms with van der Waals surface area (Å²) in [7, 11) is -4.27. The van der Waals surface area contributed by atoms with Crippen LogP contribution in [-0.4, -0.2) is 26.2 Å². The molecule has 1 aromatic carbocycles. The number of sulfonamides is 1. The maximum atomic E-state index is 13.7. The van der Waals surface area contributed by atoms with Crippen molar-refractivity contribution in [1.29, 1.82) is 0 Å². The summed E-state index contributed by atoms with van der Waals surface area (Å²) >= 11 is 2.42. The lowest BCUT2D eigenvalue weighted by Gasteiger charge is -2.10. The number of benzene rings is 1. The molecule has 0 spiro atoms. The number of hydrogen-bond acceptors (Lipinski definition) is 4. The first kappa shape index (κ1) is 17.5. The zero-order chi connectivity index (χ0) is 15.6. The van der Waals surface area contributed by atoms with Crippen LogP contribution in [0.1, 0.15) is 0 Å². The maximum Gasteiger partial charge on any atom is 0.441 e. The van der Waals surface area contributed by atoms with Crippen LogP contribution in [0.5, 0.6) is 0 Å². The number of rotatable bonds is 5. The van der Waals surface area contributed by atoms with E-state index in [1.807, 2.05) is 4.72 Å². The van der Waals surface area contributed by atoms with E-state index in [9.17, 15) is 26.0 Å². The van der Waals surface area contributed by atoms with Crippen LogP contribution >= 0.6 is 27.7 Å². The summed E-state index contributed by atoms with van der Waals surface area (Å²) in [6, 6.07) is 2.06. The molecule has 0 bridgehead atoms. The van der Waals surface area contributed by atoms with Crippen LogP contribution < -0.4 is 10.5 Å². The van der Waals surface area contributed by atoms with Gasteiger partial charge in [-0.2, -0.15) is 13.2 Å². The van der Waals surface area contributed by atoms with Gasteiger partial charge in [-0.05, 0) is 39.8 Å². The number of nitrogens with two attached hydrogens (primary N) is 1. The van der Waals surface area contributed by atoms with Gasteiger partial charge in [0.25, 0.3) is 0 Å². The smallest absolute Gasteiger partial charge is 0.399 e. The van der Waals surface area contributed by atoms with Crippen LogP contribution in [0, 0.1) is 5.82 Å². The fourth-order valence-electron chi connectivity index (χ4n) is 1.20. The van der Waals surface area contributed by atoms with Crippen molar-refractivity contribution < 1.29 is 26.0 Å². The Labute approximate surface area is 125 Å². The second-order valence-corrected chi connectivity index (χ2v) is 7.26. The van der Waals surface area contributed by atoms with E-state index in [1.54, 1.807) is 0 Å². The van der Waals surface area contributed by atoms with Crippen LogP contribution in [0.25, 0.3) is 0 Å². The van der Waals surface area contributed by atoms with Gasteiger partial charge in [0.1, 0.15) is 4.90 Å². The molecule has 0 aliphatic carbocycles. The third-order valence-corrected chi connectivity index (χ3v) is 4.74. The molecule has 0 aromatic heterocycles. The fraction of sp³-hybridized carbons (Fsp3) is 0.333. The molecule has 0 heterocycles. The Kier molecular flexibility index (Phi) is 5.70. The van der Waals surface area contributed by atoms with Gasteiger partial charge in [0, 0.05) is 18.0 Å². The fourth-order valence-corrected chi connectivity index (χ4v) is 3.54. The van der Waals surface area contributed by atoms with E-state index in [4.69, 9.17) is 5.73 Å². The average molecular weight is 397 g/mol. The molecule has 20 heavy (non-hydrogen) atoms. The molecule has 0 unspecified atom stereocenters. The zero-order valence-electron chi connectivity index (χ0n) is 9.67. The van der Waals surface area contributed by atoms with Gasteiger partial charge >= 0.3 is 5.51 Å². The number of thioether (sulfide) groups is 1. The van der Waals surface area contributed by atoms with E-state index >= 15 is 0 Å². The van der Waals surface area contributed by atoms with Gasteiger partial charge in [0.2, 0.25) is 10.0 Å². The van der Waals surface area contributed by atoms with Gasteiger partial charge in [-0.3, -0.25) is 0 Å². The van der Waals surface area contributed by atoms with E-state index in [2.05, 4.69) is 15.9 Å². The predicted molar refractivity (Wildman–Crippen MR) is 72.2 cm³/mol. The molecule has 1 rings (SSSR count). The molecular formula is C9H9BrF4N2O2S2. The molecular weight excluding hydrogens is 388 g/mol. The zero-order valence-corrected chi connectivity index (χ0v) is 12.9. The van der Waals surface area contributed by atoms with Crippen LogP contribution in [0.2, 0.25) is 0 Å². The Morgan fingerprint density at radius 2 is 1.95 bits per heavy atom. The van der Waals surface area contributed by atoms with Crippen molar-refractivity contribution in [3.63, 3.8) is 0 Å². The van der Waals surface area contributed by atoms with Crippen LogP contribution in [0.15, 0.2) is 21.5 Å². The lowest BCUT2D eigenvalue weighted by Crippen LogP contribution is -2.27. The topological polar surface area (TPSA) is 72.2 Å². The second-order valence-electron chi connectivity index (χ2n) is 3.51. The van der Waals surface area contributed by atoms with Gasteiger partial charge in [-0.1, -0.05) is 0 Å². The first-order valence-corrected chi connectivity index (χ1v) is 8.24. The van der Waals surface area contributed by atoms with Crippen molar-refractivity contribution in [2.45, 2.75) is 10.4 Å². The SMILES string of the molecule is Nc1cc(Br)c(F)c(S(=O)(=O)NCCSC(F)(F)F)c1. The summed E-state index contributed by atoms with van der Waals surface area (Å²) in [5, 5.41) is 0. The highest BCUT2D eigenvalue weighted by Gasteiger charge is 2.28. The Morgan fingerprint density at radius 1 is 1.35 bits per heavy atom. The predicted octanol–water partition coefficient (Wildman–Crippen LogP) is 2.70. The Balaban J connectivity index is 2.80. The quantitative estimate of drug-likeness (QED) is 0.455. The standard InChI is InChI=1S/C9H9BrF4N2O2S2/c10-6-3-5(15)4-7(8(6)11)20(17,18)16-1-2-19-9(12,13)14/h3-4,16H,1-2,15H2. The molecule has 0 radical (unpaired) electrons. The van der Waals surface area contributed by atoms with Crippen LogP contribution in [-0.2, 0) is 10.0 Å². The summed E-state index contributed by atoms with van der Waals surface area (Å²) in [6.07, 6.45) is 0. The molecule has 1 aromatic rings. The summed E-state index contributed by atoms with van der Waals surface area (Å²) < 4.78 is 74.5. The third-order valence-electron chi connectivity index (χ3n) is 1.97. The van der Waals surface area contributed by atoms with E-state index in [0.29, 0.717) is 0 Å². The number of anilines is 1. The van der Waals surface area contributed by atoms with Gasteiger partial charge in [0.15, 0.2) is 5.82 Å². The molecule has 0 saturated heterocycles. The van der Waals surface area contributed by atoms with Crippen LogP contribution in [0.4, 0.5) is 23.2 Å². The molecule has 0 aliphatic rings. The monoisotopic (exact) mass is 396 g/mol. The highest BCUT2D eigenvalue weighted by Crippen LogP contribution is 2.30. The van der Waals surface area contributed by atoms with E-state index in [0.717, 1.165) is 6.07 Å². The highest BCUT2D eigenvalue weighted by atomic mass is 79.9. The number of halogens is 5. The second kappa shape index (κ2) is 6.50. The largest absolute Gasteiger partial charge is 0.441 e. The summed E-state index contributed by atoms with van der Waals surface area (Å²) in [5.41, 5.74) is 0.951. The van der Waals surface area contributed by atoms with E-state index in [1.165, 1.54) is 6.07 Å². The summed E-state index contributed by atoms with van der Waals surface area (Å²) in [6.45, 7) is -0.488. The normalized spacial score (nSPS) is 12.7. The van der Waals surface area contributed by atoms with Crippen molar-refractivity contribution in [1.82, 2.24) is 4.72 Å². The highest BCUT2D eigenvalue weighted by molar-refractivity contribution is 9.10. The number of alkyl halides is 3.